The maximum absolute atomic E-state index is 11.0. The molecule has 4 nitrogen and oxygen atoms in total. The second-order valence-electron chi connectivity index (χ2n) is 2.07. The molecule has 1 heterocycles. The van der Waals surface area contributed by atoms with Crippen molar-refractivity contribution >= 4 is 5.97 Å². The topological polar surface area (TPSA) is 59.3 Å². The maximum Gasteiger partial charge on any atom is 0.341 e. The Morgan fingerprint density at radius 2 is 2.36 bits per heavy atom. The number of aromatic nitrogens is 1. The lowest BCUT2D eigenvalue weighted by molar-refractivity contribution is 0.0694. The van der Waals surface area contributed by atoms with Gasteiger partial charge in [-0.15, -0.1) is 0 Å². The lowest BCUT2D eigenvalue weighted by atomic mass is 10.3. The molecule has 0 amide bonds. The zero-order chi connectivity index (χ0) is 8.43. The molecule has 1 N–H and O–H groups in total. The molecule has 0 aliphatic rings. The Morgan fingerprint density at radius 1 is 1.73 bits per heavy atom. The molecule has 0 unspecified atom stereocenters. The molecule has 0 fully saturated rings. The summed E-state index contributed by atoms with van der Waals surface area (Å²) >= 11 is 0. The summed E-state index contributed by atoms with van der Waals surface area (Å²) in [6.45, 7) is 0. The van der Waals surface area contributed by atoms with Crippen molar-refractivity contribution in [2.75, 3.05) is 0 Å². The van der Waals surface area contributed by atoms with E-state index in [4.69, 9.17) is 5.11 Å². The minimum atomic E-state index is -1.22. The molecule has 0 saturated carbocycles. The van der Waals surface area contributed by atoms with Crippen molar-refractivity contribution in [1.29, 1.82) is 0 Å². The average molecular weight is 152 g/mol. The number of nitrogens with zero attached hydrogens (tertiary/aromatic N) is 1. The van der Waals surface area contributed by atoms with Gasteiger partial charge in [0.1, 0.15) is 5.56 Å². The van der Waals surface area contributed by atoms with Gasteiger partial charge in [-0.1, -0.05) is 0 Å². The second-order valence-corrected chi connectivity index (χ2v) is 2.07. The number of hydrogen-bond acceptors (Lipinski definition) is 2. The predicted molar refractivity (Wildman–Crippen MR) is 37.5 cm³/mol. The smallest absolute Gasteiger partial charge is 0.341 e. The fraction of sp³-hybridized carbons (Fsp3) is 0.143. The highest BCUT2D eigenvalue weighted by molar-refractivity contribution is 5.86. The molecule has 1 aromatic rings. The molecular formula is C7H6NO3. The molecule has 0 saturated heterocycles. The van der Waals surface area contributed by atoms with E-state index < -0.39 is 11.5 Å². The molecule has 11 heavy (non-hydrogen) atoms. The van der Waals surface area contributed by atoms with Crippen LogP contribution in [0.4, 0.5) is 0 Å². The number of aromatic carboxylic acids is 1. The van der Waals surface area contributed by atoms with Crippen molar-refractivity contribution < 1.29 is 9.90 Å². The first-order valence-corrected chi connectivity index (χ1v) is 2.93. The maximum atomic E-state index is 11.0. The SMILES string of the molecule is Cn1c[c]cc(C(=O)O)c1=O. The number of carbonyl (C=O) groups is 1. The Labute approximate surface area is 62.7 Å². The molecule has 0 spiro atoms. The summed E-state index contributed by atoms with van der Waals surface area (Å²) in [4.78, 5) is 21.3. The first-order valence-electron chi connectivity index (χ1n) is 2.93. The minimum absolute atomic E-state index is 0.255. The van der Waals surface area contributed by atoms with Crippen molar-refractivity contribution in [3.05, 3.63) is 34.2 Å². The van der Waals surface area contributed by atoms with Crippen molar-refractivity contribution in [3.8, 4) is 0 Å². The Bertz CT molecular complexity index is 340. The van der Waals surface area contributed by atoms with E-state index in [2.05, 4.69) is 6.07 Å². The van der Waals surface area contributed by atoms with Crippen molar-refractivity contribution in [3.63, 3.8) is 0 Å². The normalized spacial score (nSPS) is 9.55. The average Bonchev–Trinajstić information content (AvgIpc) is 1.94. The standard InChI is InChI=1S/C7H6NO3/c1-8-4-2-3-5(6(8)9)7(10)11/h3-4H,1H3,(H,10,11). The van der Waals surface area contributed by atoms with E-state index in [-0.39, 0.29) is 5.56 Å². The highest BCUT2D eigenvalue weighted by Crippen LogP contribution is 1.88. The zero-order valence-corrected chi connectivity index (χ0v) is 5.87. The van der Waals surface area contributed by atoms with Gasteiger partial charge in [0.25, 0.3) is 5.56 Å². The van der Waals surface area contributed by atoms with Crippen molar-refractivity contribution in [2.24, 2.45) is 7.05 Å². The van der Waals surface area contributed by atoms with Crippen molar-refractivity contribution in [1.82, 2.24) is 4.57 Å². The monoisotopic (exact) mass is 152 g/mol. The zero-order valence-electron chi connectivity index (χ0n) is 5.87. The summed E-state index contributed by atoms with van der Waals surface area (Å²) in [5.74, 6) is -1.22. The molecule has 0 atom stereocenters. The van der Waals surface area contributed by atoms with Crippen LogP contribution in [0.15, 0.2) is 17.1 Å². The lowest BCUT2D eigenvalue weighted by Gasteiger charge is -1.95. The number of aryl methyl sites for hydroxylation is 1. The van der Waals surface area contributed by atoms with E-state index in [1.165, 1.54) is 17.8 Å². The summed E-state index contributed by atoms with van der Waals surface area (Å²) in [5.41, 5.74) is -0.772. The first kappa shape index (κ1) is 7.53. The number of hydrogen-bond donors (Lipinski definition) is 1. The molecule has 1 rings (SSSR count). The van der Waals surface area contributed by atoms with E-state index >= 15 is 0 Å². The molecular weight excluding hydrogens is 146 g/mol. The van der Waals surface area contributed by atoms with Gasteiger partial charge >= 0.3 is 5.97 Å². The molecule has 57 valence electrons. The van der Waals surface area contributed by atoms with Crippen LogP contribution in [0.25, 0.3) is 0 Å². The third-order valence-corrected chi connectivity index (χ3v) is 1.28. The quantitative estimate of drug-likeness (QED) is 0.610. The van der Waals surface area contributed by atoms with E-state index in [0.717, 1.165) is 6.07 Å². The summed E-state index contributed by atoms with van der Waals surface area (Å²) in [7, 11) is 1.48. The number of rotatable bonds is 1. The van der Waals surface area contributed by atoms with Crippen LogP contribution in [0.1, 0.15) is 10.4 Å². The van der Waals surface area contributed by atoms with Gasteiger partial charge in [-0.05, 0) is 6.07 Å². The van der Waals surface area contributed by atoms with Gasteiger partial charge in [0.2, 0.25) is 0 Å². The molecule has 1 aromatic heterocycles. The highest BCUT2D eigenvalue weighted by Gasteiger charge is 2.07. The molecule has 0 bridgehead atoms. The number of carboxylic acid groups (broad SMARTS) is 1. The third kappa shape index (κ3) is 1.29. The third-order valence-electron chi connectivity index (χ3n) is 1.28. The number of pyridine rings is 1. The lowest BCUT2D eigenvalue weighted by Crippen LogP contribution is -2.23. The Morgan fingerprint density at radius 3 is 2.82 bits per heavy atom. The van der Waals surface area contributed by atoms with Gasteiger partial charge < -0.3 is 9.67 Å². The van der Waals surface area contributed by atoms with Crippen LogP contribution in [0.5, 0.6) is 0 Å². The van der Waals surface area contributed by atoms with Crippen LogP contribution in [0.2, 0.25) is 0 Å². The largest absolute Gasteiger partial charge is 0.477 e. The predicted octanol–water partition coefficient (Wildman–Crippen LogP) is -0.116. The van der Waals surface area contributed by atoms with E-state index in [1.54, 1.807) is 0 Å². The summed E-state index contributed by atoms with van der Waals surface area (Å²) in [5, 5.41) is 8.46. The molecule has 1 radical (unpaired) electrons. The molecule has 0 aliphatic carbocycles. The summed E-state index contributed by atoms with van der Waals surface area (Å²) < 4.78 is 1.17. The molecule has 0 aromatic carbocycles. The van der Waals surface area contributed by atoms with Gasteiger partial charge in [0, 0.05) is 19.3 Å². The van der Waals surface area contributed by atoms with Crippen LogP contribution in [0.3, 0.4) is 0 Å². The van der Waals surface area contributed by atoms with E-state index in [1.807, 2.05) is 0 Å². The van der Waals surface area contributed by atoms with E-state index in [9.17, 15) is 9.59 Å². The van der Waals surface area contributed by atoms with Gasteiger partial charge in [-0.25, -0.2) is 4.79 Å². The summed E-state index contributed by atoms with van der Waals surface area (Å²) in [6, 6.07) is 3.69. The molecule has 4 heteroatoms. The van der Waals surface area contributed by atoms with Crippen LogP contribution < -0.4 is 5.56 Å². The van der Waals surface area contributed by atoms with Crippen LogP contribution in [-0.2, 0) is 7.05 Å². The van der Waals surface area contributed by atoms with Gasteiger partial charge in [-0.3, -0.25) is 4.79 Å². The van der Waals surface area contributed by atoms with Crippen LogP contribution in [-0.4, -0.2) is 15.6 Å². The summed E-state index contributed by atoms with van der Waals surface area (Å²) in [6.07, 6.45) is 1.38. The number of carboxylic acids is 1. The first-order chi connectivity index (χ1) is 5.13. The highest BCUT2D eigenvalue weighted by atomic mass is 16.4. The Kier molecular flexibility index (Phi) is 1.76. The Balaban J connectivity index is 3.40. The fourth-order valence-corrected chi connectivity index (χ4v) is 0.696. The van der Waals surface area contributed by atoms with Crippen LogP contribution >= 0.6 is 0 Å². The fourth-order valence-electron chi connectivity index (χ4n) is 0.696. The second kappa shape index (κ2) is 2.57. The van der Waals surface area contributed by atoms with Crippen LogP contribution in [0, 0.1) is 6.07 Å². The van der Waals surface area contributed by atoms with Gasteiger partial charge in [0.15, 0.2) is 0 Å². The Hall–Kier alpha value is -1.58. The molecule has 0 aliphatic heterocycles. The van der Waals surface area contributed by atoms with Gasteiger partial charge in [-0.2, -0.15) is 0 Å². The van der Waals surface area contributed by atoms with E-state index in [0.29, 0.717) is 0 Å². The van der Waals surface area contributed by atoms with Gasteiger partial charge in [0.05, 0.1) is 0 Å². The minimum Gasteiger partial charge on any atom is -0.477 e. The van der Waals surface area contributed by atoms with Crippen molar-refractivity contribution in [2.45, 2.75) is 0 Å².